The summed E-state index contributed by atoms with van der Waals surface area (Å²) in [5.41, 5.74) is 3.02. The molecule has 25 heavy (non-hydrogen) atoms. The smallest absolute Gasteiger partial charge is 0.182 e. The van der Waals surface area contributed by atoms with Crippen molar-refractivity contribution in [2.75, 3.05) is 0 Å². The van der Waals surface area contributed by atoms with Gasteiger partial charge in [0.25, 0.3) is 0 Å². The lowest BCUT2D eigenvalue weighted by Gasteiger charge is -2.10. The minimum absolute atomic E-state index is 0.765. The molecule has 0 atom stereocenters. The first-order valence-corrected chi connectivity index (χ1v) is 9.13. The van der Waals surface area contributed by atoms with Crippen LogP contribution in [-0.4, -0.2) is 19.5 Å². The molecule has 0 saturated carbocycles. The second-order valence-electron chi connectivity index (χ2n) is 5.72. The van der Waals surface area contributed by atoms with E-state index in [1.54, 1.807) is 18.1 Å². The van der Waals surface area contributed by atoms with Crippen LogP contribution in [0.1, 0.15) is 18.3 Å². The number of imidazole rings is 1. The molecule has 2 aromatic carbocycles. The molecule has 0 N–H and O–H groups in total. The van der Waals surface area contributed by atoms with E-state index in [1.807, 2.05) is 24.3 Å². The van der Waals surface area contributed by atoms with Crippen molar-refractivity contribution in [2.24, 2.45) is 0 Å². The van der Waals surface area contributed by atoms with E-state index in [2.05, 4.69) is 57.9 Å². The van der Waals surface area contributed by atoms with E-state index in [1.165, 1.54) is 5.56 Å². The largest absolute Gasteiger partial charge is 0.320 e. The topological polar surface area (TPSA) is 43.6 Å². The Labute approximate surface area is 151 Å². The number of aromatic nitrogens is 4. The number of hydrogen-bond acceptors (Lipinski definition) is 4. The molecule has 0 aliphatic rings. The van der Waals surface area contributed by atoms with E-state index in [-0.39, 0.29) is 0 Å². The maximum absolute atomic E-state index is 4.73. The van der Waals surface area contributed by atoms with Gasteiger partial charge in [0.05, 0.1) is 0 Å². The highest BCUT2D eigenvalue weighted by Gasteiger charge is 2.16. The monoisotopic (exact) mass is 346 g/mol. The summed E-state index contributed by atoms with van der Waals surface area (Å²) in [5, 5.41) is 0.944. The third kappa shape index (κ3) is 3.28. The van der Waals surface area contributed by atoms with Crippen LogP contribution in [0.25, 0.3) is 11.2 Å². The van der Waals surface area contributed by atoms with E-state index in [4.69, 9.17) is 4.98 Å². The molecule has 0 aliphatic heterocycles. The Morgan fingerprint density at radius 3 is 2.36 bits per heavy atom. The molecule has 0 unspecified atom stereocenters. The van der Waals surface area contributed by atoms with Crippen molar-refractivity contribution in [3.8, 4) is 0 Å². The highest BCUT2D eigenvalue weighted by atomic mass is 32.2. The first kappa shape index (κ1) is 15.8. The fraction of sp³-hybridized carbons (Fsp3) is 0.150. The van der Waals surface area contributed by atoms with Crippen LogP contribution in [0.15, 0.2) is 76.9 Å². The second kappa shape index (κ2) is 7.07. The molecule has 4 rings (SSSR count). The molecule has 2 heterocycles. The van der Waals surface area contributed by atoms with Gasteiger partial charge in [-0.3, -0.25) is 0 Å². The van der Waals surface area contributed by atoms with Crippen LogP contribution in [0.3, 0.4) is 0 Å². The Morgan fingerprint density at radius 2 is 1.64 bits per heavy atom. The number of rotatable bonds is 5. The van der Waals surface area contributed by atoms with Crippen molar-refractivity contribution in [1.82, 2.24) is 19.5 Å². The van der Waals surface area contributed by atoms with Gasteiger partial charge < -0.3 is 4.57 Å². The van der Waals surface area contributed by atoms with Gasteiger partial charge >= 0.3 is 0 Å². The van der Waals surface area contributed by atoms with E-state index in [0.717, 1.165) is 39.9 Å². The van der Waals surface area contributed by atoms with E-state index in [0.29, 0.717) is 0 Å². The highest BCUT2D eigenvalue weighted by molar-refractivity contribution is 7.99. The molecular weight excluding hydrogens is 328 g/mol. The summed E-state index contributed by atoms with van der Waals surface area (Å²) in [6, 6.07) is 20.7. The van der Waals surface area contributed by atoms with Gasteiger partial charge in [-0.05, 0) is 17.7 Å². The summed E-state index contributed by atoms with van der Waals surface area (Å²) in [5.74, 6) is 1.04. The predicted octanol–water partition coefficient (Wildman–Crippen LogP) is 4.59. The number of fused-ring (bicyclic) bond motifs is 1. The molecule has 4 nitrogen and oxygen atoms in total. The van der Waals surface area contributed by atoms with Gasteiger partial charge in [-0.2, -0.15) is 0 Å². The zero-order valence-corrected chi connectivity index (χ0v) is 14.8. The van der Waals surface area contributed by atoms with Crippen LogP contribution in [0.2, 0.25) is 0 Å². The minimum atomic E-state index is 0.765. The lowest BCUT2D eigenvalue weighted by Crippen LogP contribution is -2.05. The van der Waals surface area contributed by atoms with Gasteiger partial charge in [-0.25, -0.2) is 15.0 Å². The molecule has 0 saturated heterocycles. The summed E-state index contributed by atoms with van der Waals surface area (Å²) in [7, 11) is 0. The molecule has 0 radical (unpaired) electrons. The fourth-order valence-electron chi connectivity index (χ4n) is 2.86. The van der Waals surface area contributed by atoms with Crippen LogP contribution >= 0.6 is 11.8 Å². The third-order valence-corrected chi connectivity index (χ3v) is 5.04. The second-order valence-corrected chi connectivity index (χ2v) is 6.78. The molecule has 5 heteroatoms. The van der Waals surface area contributed by atoms with Crippen LogP contribution in [0, 0.1) is 0 Å². The van der Waals surface area contributed by atoms with Crippen molar-refractivity contribution in [3.63, 3.8) is 0 Å². The zero-order valence-electron chi connectivity index (χ0n) is 14.0. The van der Waals surface area contributed by atoms with Crippen molar-refractivity contribution in [3.05, 3.63) is 78.4 Å². The third-order valence-electron chi connectivity index (χ3n) is 4.04. The minimum Gasteiger partial charge on any atom is -0.320 e. The van der Waals surface area contributed by atoms with Gasteiger partial charge in [0.1, 0.15) is 22.7 Å². The SMILES string of the molecule is CCc1nc2ncnc(Sc3ccccc3)c2n1Cc1ccccc1. The van der Waals surface area contributed by atoms with Gasteiger partial charge in [0.2, 0.25) is 0 Å². The Hall–Kier alpha value is -2.66. The summed E-state index contributed by atoms with van der Waals surface area (Å²) in [6.45, 7) is 2.90. The molecule has 0 fully saturated rings. The maximum Gasteiger partial charge on any atom is 0.182 e. The molecule has 4 aromatic rings. The summed E-state index contributed by atoms with van der Waals surface area (Å²) < 4.78 is 2.25. The highest BCUT2D eigenvalue weighted by Crippen LogP contribution is 2.31. The predicted molar refractivity (Wildman–Crippen MR) is 101 cm³/mol. The average molecular weight is 346 g/mol. The summed E-state index contributed by atoms with van der Waals surface area (Å²) >= 11 is 1.65. The van der Waals surface area contributed by atoms with Crippen LogP contribution in [0.5, 0.6) is 0 Å². The number of benzene rings is 2. The van der Waals surface area contributed by atoms with Crippen molar-refractivity contribution in [1.29, 1.82) is 0 Å². The average Bonchev–Trinajstić information content (AvgIpc) is 3.02. The standard InChI is InChI=1S/C20H18N4S/c1-2-17-23-19-18(24(17)13-15-9-5-3-6-10-15)20(22-14-21-19)25-16-11-7-4-8-12-16/h3-12,14H,2,13H2,1H3. The van der Waals surface area contributed by atoms with Gasteiger partial charge in [0, 0.05) is 17.9 Å². The van der Waals surface area contributed by atoms with Crippen molar-refractivity contribution in [2.45, 2.75) is 29.8 Å². The van der Waals surface area contributed by atoms with Crippen molar-refractivity contribution < 1.29 is 0 Å². The normalized spacial score (nSPS) is 11.1. The molecule has 0 aliphatic carbocycles. The first-order valence-electron chi connectivity index (χ1n) is 8.32. The van der Waals surface area contributed by atoms with Crippen LogP contribution in [-0.2, 0) is 13.0 Å². The molecule has 0 bridgehead atoms. The summed E-state index contributed by atoms with van der Waals surface area (Å²) in [6.07, 6.45) is 2.46. The van der Waals surface area contributed by atoms with E-state index >= 15 is 0 Å². The Bertz CT molecular complexity index is 981. The number of nitrogens with zero attached hydrogens (tertiary/aromatic N) is 4. The van der Waals surface area contributed by atoms with Gasteiger partial charge in [-0.1, -0.05) is 67.2 Å². The Morgan fingerprint density at radius 1 is 0.920 bits per heavy atom. The lowest BCUT2D eigenvalue weighted by atomic mass is 10.2. The summed E-state index contributed by atoms with van der Waals surface area (Å²) in [4.78, 5) is 14.8. The van der Waals surface area contributed by atoms with Crippen LogP contribution in [0.4, 0.5) is 0 Å². The molecular formula is C20H18N4S. The number of aryl methyl sites for hydroxylation is 1. The Kier molecular flexibility index (Phi) is 4.48. The fourth-order valence-corrected chi connectivity index (χ4v) is 3.78. The van der Waals surface area contributed by atoms with Gasteiger partial charge in [0.15, 0.2) is 5.65 Å². The zero-order chi connectivity index (χ0) is 17.1. The lowest BCUT2D eigenvalue weighted by molar-refractivity contribution is 0.746. The first-order chi connectivity index (χ1) is 12.3. The maximum atomic E-state index is 4.73. The van der Waals surface area contributed by atoms with E-state index in [9.17, 15) is 0 Å². The quantitative estimate of drug-likeness (QED) is 0.496. The van der Waals surface area contributed by atoms with E-state index < -0.39 is 0 Å². The molecule has 2 aromatic heterocycles. The van der Waals surface area contributed by atoms with Crippen LogP contribution < -0.4 is 0 Å². The molecule has 0 amide bonds. The van der Waals surface area contributed by atoms with Gasteiger partial charge in [-0.15, -0.1) is 0 Å². The molecule has 0 spiro atoms. The molecule has 124 valence electrons. The van der Waals surface area contributed by atoms with Crippen molar-refractivity contribution >= 4 is 22.9 Å². The number of hydrogen-bond donors (Lipinski definition) is 0. The Balaban J connectivity index is 1.82.